The van der Waals surface area contributed by atoms with Crippen LogP contribution in [0.2, 0.25) is 0 Å². The summed E-state index contributed by atoms with van der Waals surface area (Å²) < 4.78 is 5.24. The molecule has 26 heavy (non-hydrogen) atoms. The summed E-state index contributed by atoms with van der Waals surface area (Å²) in [6, 6.07) is 7.07. The molecular formula is C17H16N4O3S2. The maximum atomic E-state index is 12.6. The van der Waals surface area contributed by atoms with E-state index >= 15 is 0 Å². The Morgan fingerprint density at radius 1 is 1.27 bits per heavy atom. The maximum absolute atomic E-state index is 12.6. The maximum Gasteiger partial charge on any atom is 0.290 e. The summed E-state index contributed by atoms with van der Waals surface area (Å²) >= 11 is 2.74. The molecule has 1 N–H and O–H groups in total. The van der Waals surface area contributed by atoms with Crippen molar-refractivity contribution >= 4 is 39.6 Å². The Balaban J connectivity index is 1.49. The van der Waals surface area contributed by atoms with Gasteiger partial charge in [-0.2, -0.15) is 0 Å². The Labute approximate surface area is 157 Å². The average molecular weight is 388 g/mol. The third kappa shape index (κ3) is 3.27. The van der Waals surface area contributed by atoms with Crippen molar-refractivity contribution in [2.24, 2.45) is 0 Å². The minimum Gasteiger partial charge on any atom is -0.459 e. The molecule has 0 aromatic carbocycles. The highest BCUT2D eigenvalue weighted by Gasteiger charge is 2.33. The molecule has 3 aromatic heterocycles. The van der Waals surface area contributed by atoms with Crippen molar-refractivity contribution in [2.75, 3.05) is 11.9 Å². The number of furan rings is 1. The van der Waals surface area contributed by atoms with Crippen LogP contribution < -0.4 is 5.32 Å². The van der Waals surface area contributed by atoms with Crippen molar-refractivity contribution in [1.82, 2.24) is 15.1 Å². The van der Waals surface area contributed by atoms with Crippen LogP contribution in [0.4, 0.5) is 5.13 Å². The average Bonchev–Trinajstić information content (AvgIpc) is 3.40. The standard InChI is InChI=1S/C17H16N4O3S2/c1-10-19-20-17(25-10)18-15(22)14-7-6-13(26-14)11-4-2-8-21(11)16(23)12-5-3-9-24-12/h3,5-7,9,11H,2,4,8H2,1H3,(H,18,20,22)/t11-/m0/s1. The number of hydrogen-bond donors (Lipinski definition) is 1. The largest absolute Gasteiger partial charge is 0.459 e. The number of aryl methyl sites for hydroxylation is 1. The van der Waals surface area contributed by atoms with Gasteiger partial charge in [0.05, 0.1) is 17.2 Å². The van der Waals surface area contributed by atoms with Gasteiger partial charge in [-0.3, -0.25) is 14.9 Å². The summed E-state index contributed by atoms with van der Waals surface area (Å²) in [5.41, 5.74) is 0. The molecule has 0 spiro atoms. The molecule has 7 nitrogen and oxygen atoms in total. The second-order valence-corrected chi connectivity index (χ2v) is 8.21. The van der Waals surface area contributed by atoms with E-state index in [2.05, 4.69) is 15.5 Å². The van der Waals surface area contributed by atoms with Crippen molar-refractivity contribution in [3.63, 3.8) is 0 Å². The van der Waals surface area contributed by atoms with E-state index in [1.54, 1.807) is 18.2 Å². The van der Waals surface area contributed by atoms with E-state index in [4.69, 9.17) is 4.42 Å². The zero-order valence-corrected chi connectivity index (χ0v) is 15.6. The Kier molecular flexibility index (Phi) is 4.56. The van der Waals surface area contributed by atoms with E-state index in [0.29, 0.717) is 22.3 Å². The number of aromatic nitrogens is 2. The number of hydrogen-bond acceptors (Lipinski definition) is 7. The highest BCUT2D eigenvalue weighted by Crippen LogP contribution is 2.37. The first-order valence-electron chi connectivity index (χ1n) is 8.17. The zero-order chi connectivity index (χ0) is 18.1. The number of likely N-dealkylation sites (tertiary alicyclic amines) is 1. The van der Waals surface area contributed by atoms with Crippen LogP contribution in [0, 0.1) is 6.92 Å². The van der Waals surface area contributed by atoms with Crippen LogP contribution in [0.25, 0.3) is 0 Å². The number of anilines is 1. The monoisotopic (exact) mass is 388 g/mol. The molecule has 134 valence electrons. The molecule has 0 unspecified atom stereocenters. The summed E-state index contributed by atoms with van der Waals surface area (Å²) in [5, 5.41) is 11.8. The number of carbonyl (C=O) groups is 2. The molecule has 0 saturated carbocycles. The first kappa shape index (κ1) is 16.9. The Hall–Kier alpha value is -2.52. The first-order chi connectivity index (χ1) is 12.6. The van der Waals surface area contributed by atoms with Crippen molar-refractivity contribution in [3.8, 4) is 0 Å². The Morgan fingerprint density at radius 3 is 2.88 bits per heavy atom. The second kappa shape index (κ2) is 7.00. The number of rotatable bonds is 4. The molecule has 2 amide bonds. The summed E-state index contributed by atoms with van der Waals surface area (Å²) in [4.78, 5) is 28.4. The van der Waals surface area contributed by atoms with E-state index in [1.807, 2.05) is 17.9 Å². The number of amides is 2. The van der Waals surface area contributed by atoms with Gasteiger partial charge in [-0.05, 0) is 44.0 Å². The quantitative estimate of drug-likeness (QED) is 0.736. The van der Waals surface area contributed by atoms with Crippen molar-refractivity contribution in [2.45, 2.75) is 25.8 Å². The highest BCUT2D eigenvalue weighted by atomic mass is 32.1. The molecule has 0 radical (unpaired) electrons. The van der Waals surface area contributed by atoms with Gasteiger partial charge >= 0.3 is 0 Å². The number of thiophene rings is 1. The molecule has 1 aliphatic heterocycles. The third-order valence-electron chi connectivity index (χ3n) is 4.17. The molecule has 0 aliphatic carbocycles. The topological polar surface area (TPSA) is 88.3 Å². The van der Waals surface area contributed by atoms with Gasteiger partial charge in [0.15, 0.2) is 5.76 Å². The fraction of sp³-hybridized carbons (Fsp3) is 0.294. The van der Waals surface area contributed by atoms with Gasteiger partial charge in [-0.15, -0.1) is 21.5 Å². The van der Waals surface area contributed by atoms with E-state index in [1.165, 1.54) is 28.9 Å². The van der Waals surface area contributed by atoms with Crippen LogP contribution in [0.15, 0.2) is 34.9 Å². The SMILES string of the molecule is Cc1nnc(NC(=O)c2ccc([C@@H]3CCCN3C(=O)c3ccco3)s2)s1. The highest BCUT2D eigenvalue weighted by molar-refractivity contribution is 7.16. The van der Waals surface area contributed by atoms with Gasteiger partial charge < -0.3 is 9.32 Å². The van der Waals surface area contributed by atoms with Gasteiger partial charge in [0.2, 0.25) is 5.13 Å². The number of nitrogens with one attached hydrogen (secondary N) is 1. The minimum atomic E-state index is -0.209. The third-order valence-corrected chi connectivity index (χ3v) is 6.11. The molecule has 1 atom stereocenters. The molecule has 0 bridgehead atoms. The molecule has 4 heterocycles. The van der Waals surface area contributed by atoms with Crippen LogP contribution >= 0.6 is 22.7 Å². The van der Waals surface area contributed by atoms with Gasteiger partial charge in [-0.1, -0.05) is 11.3 Å². The molecule has 1 fully saturated rings. The van der Waals surface area contributed by atoms with Crippen molar-refractivity contribution in [1.29, 1.82) is 0 Å². The molecule has 1 saturated heterocycles. The number of nitrogens with zero attached hydrogens (tertiary/aromatic N) is 3. The summed E-state index contributed by atoms with van der Waals surface area (Å²) in [6.45, 7) is 2.52. The number of carbonyl (C=O) groups excluding carboxylic acids is 2. The molecule has 9 heteroatoms. The van der Waals surface area contributed by atoms with Gasteiger partial charge in [-0.25, -0.2) is 0 Å². The van der Waals surface area contributed by atoms with Crippen LogP contribution in [0.1, 0.15) is 49.0 Å². The molecule has 1 aliphatic rings. The molecular weight excluding hydrogens is 372 g/mol. The predicted octanol–water partition coefficient (Wildman–Crippen LogP) is 3.73. The summed E-state index contributed by atoms with van der Waals surface area (Å²) in [7, 11) is 0. The van der Waals surface area contributed by atoms with E-state index in [9.17, 15) is 9.59 Å². The van der Waals surface area contributed by atoms with E-state index in [0.717, 1.165) is 22.7 Å². The Morgan fingerprint density at radius 2 is 2.15 bits per heavy atom. The van der Waals surface area contributed by atoms with Gasteiger partial charge in [0.1, 0.15) is 5.01 Å². The van der Waals surface area contributed by atoms with Crippen molar-refractivity contribution < 1.29 is 14.0 Å². The van der Waals surface area contributed by atoms with Gasteiger partial charge in [0.25, 0.3) is 11.8 Å². The van der Waals surface area contributed by atoms with E-state index in [-0.39, 0.29) is 17.9 Å². The lowest BCUT2D eigenvalue weighted by atomic mass is 10.2. The smallest absolute Gasteiger partial charge is 0.290 e. The first-order valence-corrected chi connectivity index (χ1v) is 9.81. The Bertz CT molecular complexity index is 932. The molecule has 4 rings (SSSR count). The van der Waals surface area contributed by atoms with E-state index < -0.39 is 0 Å². The zero-order valence-electron chi connectivity index (χ0n) is 14.0. The van der Waals surface area contributed by atoms with Gasteiger partial charge in [0, 0.05) is 11.4 Å². The predicted molar refractivity (Wildman–Crippen MR) is 98.6 cm³/mol. The minimum absolute atomic E-state index is 0.0251. The lowest BCUT2D eigenvalue weighted by molar-refractivity contribution is 0.0705. The second-order valence-electron chi connectivity index (χ2n) is 5.92. The normalized spacial score (nSPS) is 16.8. The fourth-order valence-electron chi connectivity index (χ4n) is 3.01. The summed E-state index contributed by atoms with van der Waals surface area (Å²) in [5.74, 6) is 0.0265. The van der Waals surface area contributed by atoms with Crippen molar-refractivity contribution in [3.05, 3.63) is 51.1 Å². The van der Waals surface area contributed by atoms with Crippen LogP contribution in [0.5, 0.6) is 0 Å². The van der Waals surface area contributed by atoms with Crippen LogP contribution in [0.3, 0.4) is 0 Å². The summed E-state index contributed by atoms with van der Waals surface area (Å²) in [6.07, 6.45) is 3.31. The fourth-order valence-corrected chi connectivity index (χ4v) is 4.64. The van der Waals surface area contributed by atoms with Crippen LogP contribution in [-0.4, -0.2) is 33.5 Å². The van der Waals surface area contributed by atoms with Crippen LogP contribution in [-0.2, 0) is 0 Å². The molecule has 3 aromatic rings. The lowest BCUT2D eigenvalue weighted by Gasteiger charge is -2.22. The lowest BCUT2D eigenvalue weighted by Crippen LogP contribution is -2.29.